The number of thiophene rings is 1. The predicted octanol–water partition coefficient (Wildman–Crippen LogP) is 4.50. The minimum Gasteiger partial charge on any atom is -0.361 e. The standard InChI is InChI=1S/C25H24N4O2S2/c30-22(29-10-8-15(9-11-29)18-12-26-19-6-2-1-4-16(18)19)14-32-13-21-27-24(31)23-17-5-3-7-20(17)33-25(23)28-21/h1-2,4,6,8,12,26H,3,5,7,9-11,13-14H2,(H,27,28,31). The molecule has 3 aromatic heterocycles. The second kappa shape index (κ2) is 8.50. The van der Waals surface area contributed by atoms with Crippen LogP contribution in [-0.2, 0) is 23.4 Å². The summed E-state index contributed by atoms with van der Waals surface area (Å²) in [5, 5.41) is 2.01. The van der Waals surface area contributed by atoms with Gasteiger partial charge < -0.3 is 14.9 Å². The molecule has 1 aliphatic carbocycles. The summed E-state index contributed by atoms with van der Waals surface area (Å²) in [4.78, 5) is 40.4. The van der Waals surface area contributed by atoms with Gasteiger partial charge in [0.05, 0.1) is 16.9 Å². The van der Waals surface area contributed by atoms with Crippen LogP contribution in [0.25, 0.3) is 26.7 Å². The molecule has 6 nitrogen and oxygen atoms in total. The lowest BCUT2D eigenvalue weighted by Crippen LogP contribution is -2.35. The van der Waals surface area contributed by atoms with Crippen LogP contribution in [0.4, 0.5) is 0 Å². The molecule has 1 aliphatic heterocycles. The van der Waals surface area contributed by atoms with Crippen molar-refractivity contribution in [2.45, 2.75) is 31.4 Å². The number of rotatable bonds is 5. The Balaban J connectivity index is 1.07. The van der Waals surface area contributed by atoms with Gasteiger partial charge in [-0.05, 0) is 42.9 Å². The lowest BCUT2D eigenvalue weighted by atomic mass is 9.99. The van der Waals surface area contributed by atoms with Crippen molar-refractivity contribution in [3.63, 3.8) is 0 Å². The maximum Gasteiger partial charge on any atom is 0.259 e. The van der Waals surface area contributed by atoms with Crippen LogP contribution in [-0.4, -0.2) is 44.6 Å². The molecule has 6 rings (SSSR count). The number of nitrogens with one attached hydrogen (secondary N) is 2. The zero-order valence-corrected chi connectivity index (χ0v) is 19.8. The number of para-hydroxylation sites is 1. The first-order valence-electron chi connectivity index (χ1n) is 11.3. The summed E-state index contributed by atoms with van der Waals surface area (Å²) in [7, 11) is 0. The lowest BCUT2D eigenvalue weighted by molar-refractivity contribution is -0.127. The highest BCUT2D eigenvalue weighted by Crippen LogP contribution is 2.34. The number of hydrogen-bond donors (Lipinski definition) is 2. The molecule has 1 amide bonds. The van der Waals surface area contributed by atoms with Gasteiger partial charge in [0.15, 0.2) is 0 Å². The number of fused-ring (bicyclic) bond motifs is 4. The fraction of sp³-hybridized carbons (Fsp3) is 0.320. The van der Waals surface area contributed by atoms with E-state index in [1.807, 2.05) is 11.0 Å². The Morgan fingerprint density at radius 2 is 2.12 bits per heavy atom. The third-order valence-corrected chi connectivity index (χ3v) is 8.70. The monoisotopic (exact) mass is 476 g/mol. The van der Waals surface area contributed by atoms with Crippen molar-refractivity contribution in [1.82, 2.24) is 19.9 Å². The van der Waals surface area contributed by atoms with E-state index in [9.17, 15) is 9.59 Å². The maximum absolute atomic E-state index is 12.7. The largest absolute Gasteiger partial charge is 0.361 e. The van der Waals surface area contributed by atoms with Crippen molar-refractivity contribution in [3.8, 4) is 0 Å². The molecular weight excluding hydrogens is 452 g/mol. The number of aromatic nitrogens is 3. The summed E-state index contributed by atoms with van der Waals surface area (Å²) in [6, 6.07) is 8.31. The molecule has 0 saturated carbocycles. The summed E-state index contributed by atoms with van der Waals surface area (Å²) < 4.78 is 0. The number of amides is 1. The molecule has 0 unspecified atom stereocenters. The normalized spacial score (nSPS) is 15.9. The fourth-order valence-electron chi connectivity index (χ4n) is 4.92. The topological polar surface area (TPSA) is 81.8 Å². The molecule has 33 heavy (non-hydrogen) atoms. The van der Waals surface area contributed by atoms with E-state index in [2.05, 4.69) is 45.4 Å². The number of benzene rings is 1. The summed E-state index contributed by atoms with van der Waals surface area (Å²) in [6.45, 7) is 1.36. The smallest absolute Gasteiger partial charge is 0.259 e. The second-order valence-corrected chi connectivity index (χ2v) is 10.7. The molecule has 0 bridgehead atoms. The zero-order valence-electron chi connectivity index (χ0n) is 18.1. The molecule has 4 heterocycles. The van der Waals surface area contributed by atoms with Crippen LogP contribution in [0, 0.1) is 0 Å². The van der Waals surface area contributed by atoms with Crippen LogP contribution >= 0.6 is 23.1 Å². The Hall–Kier alpha value is -2.84. The molecule has 4 aromatic rings. The Morgan fingerprint density at radius 1 is 1.21 bits per heavy atom. The number of hydrogen-bond acceptors (Lipinski definition) is 5. The lowest BCUT2D eigenvalue weighted by Gasteiger charge is -2.26. The third-order valence-electron chi connectivity index (χ3n) is 6.59. The molecule has 0 radical (unpaired) electrons. The van der Waals surface area contributed by atoms with E-state index in [-0.39, 0.29) is 11.5 Å². The number of nitrogens with zero attached hydrogens (tertiary/aromatic N) is 2. The maximum atomic E-state index is 12.7. The molecule has 2 aliphatic rings. The molecule has 1 aromatic carbocycles. The van der Waals surface area contributed by atoms with E-state index in [4.69, 9.17) is 0 Å². The van der Waals surface area contributed by atoms with Crippen molar-refractivity contribution in [1.29, 1.82) is 0 Å². The van der Waals surface area contributed by atoms with Crippen LogP contribution in [0.5, 0.6) is 0 Å². The van der Waals surface area contributed by atoms with Crippen molar-refractivity contribution in [2.24, 2.45) is 0 Å². The van der Waals surface area contributed by atoms with E-state index >= 15 is 0 Å². The van der Waals surface area contributed by atoms with Crippen molar-refractivity contribution < 1.29 is 4.79 Å². The van der Waals surface area contributed by atoms with Gasteiger partial charge in [0.25, 0.3) is 5.56 Å². The van der Waals surface area contributed by atoms with Crippen molar-refractivity contribution >= 4 is 55.7 Å². The van der Waals surface area contributed by atoms with Gasteiger partial charge >= 0.3 is 0 Å². The van der Waals surface area contributed by atoms with E-state index in [1.54, 1.807) is 11.3 Å². The average Bonchev–Trinajstić information content (AvgIpc) is 3.53. The fourth-order valence-corrected chi connectivity index (χ4v) is 6.99. The first-order valence-corrected chi connectivity index (χ1v) is 13.3. The van der Waals surface area contributed by atoms with Crippen molar-refractivity contribution in [2.75, 3.05) is 18.8 Å². The summed E-state index contributed by atoms with van der Waals surface area (Å²) in [5.74, 6) is 1.71. The van der Waals surface area contributed by atoms with Gasteiger partial charge in [-0.15, -0.1) is 23.1 Å². The van der Waals surface area contributed by atoms with E-state index in [0.29, 0.717) is 23.9 Å². The van der Waals surface area contributed by atoms with Crippen LogP contribution in [0.1, 0.15) is 34.7 Å². The van der Waals surface area contributed by atoms with Crippen LogP contribution in [0.15, 0.2) is 41.3 Å². The zero-order chi connectivity index (χ0) is 22.4. The third kappa shape index (κ3) is 3.81. The van der Waals surface area contributed by atoms with Gasteiger partial charge in [0.1, 0.15) is 10.7 Å². The molecule has 0 atom stereocenters. The molecular formula is C25H24N4O2S2. The van der Waals surface area contributed by atoms with Gasteiger partial charge in [-0.3, -0.25) is 9.59 Å². The van der Waals surface area contributed by atoms with E-state index in [0.717, 1.165) is 48.0 Å². The molecule has 168 valence electrons. The molecule has 0 saturated heterocycles. The molecule has 2 N–H and O–H groups in total. The first kappa shape index (κ1) is 20.7. The number of carbonyl (C=O) groups excluding carboxylic acids is 1. The van der Waals surface area contributed by atoms with Gasteiger partial charge in [0.2, 0.25) is 5.91 Å². The molecule has 8 heteroatoms. The SMILES string of the molecule is O=C(CSCc1nc2sc3c(c2c(=O)[nH]1)CCC3)N1CC=C(c2c[nH]c3ccccc23)CC1. The summed E-state index contributed by atoms with van der Waals surface area (Å²) >= 11 is 3.16. The van der Waals surface area contributed by atoms with E-state index < -0.39 is 0 Å². The van der Waals surface area contributed by atoms with Gasteiger partial charge in [-0.25, -0.2) is 4.98 Å². The van der Waals surface area contributed by atoms with E-state index in [1.165, 1.54) is 38.7 Å². The minimum absolute atomic E-state index is 0.0349. The van der Waals surface area contributed by atoms with Crippen LogP contribution < -0.4 is 5.56 Å². The Kier molecular flexibility index (Phi) is 5.34. The van der Waals surface area contributed by atoms with Crippen molar-refractivity contribution in [3.05, 3.63) is 68.7 Å². The van der Waals surface area contributed by atoms with Gasteiger partial charge in [-0.1, -0.05) is 24.3 Å². The minimum atomic E-state index is -0.0349. The number of aromatic amines is 2. The quantitative estimate of drug-likeness (QED) is 0.444. The second-order valence-electron chi connectivity index (χ2n) is 8.61. The average molecular weight is 477 g/mol. The highest BCUT2D eigenvalue weighted by atomic mass is 32.2. The Morgan fingerprint density at radius 3 is 3.00 bits per heavy atom. The molecule has 0 fully saturated rings. The van der Waals surface area contributed by atoms with Crippen LogP contribution in [0.3, 0.4) is 0 Å². The van der Waals surface area contributed by atoms with Gasteiger partial charge in [0, 0.05) is 40.6 Å². The Labute approximate surface area is 199 Å². The number of thioether (sulfide) groups is 1. The predicted molar refractivity (Wildman–Crippen MR) is 136 cm³/mol. The first-order chi connectivity index (χ1) is 16.2. The Bertz CT molecular complexity index is 1460. The number of carbonyl (C=O) groups is 1. The number of aryl methyl sites for hydroxylation is 2. The summed E-state index contributed by atoms with van der Waals surface area (Å²) in [6.07, 6.45) is 8.26. The van der Waals surface area contributed by atoms with Gasteiger partial charge in [-0.2, -0.15) is 0 Å². The highest BCUT2D eigenvalue weighted by molar-refractivity contribution is 7.99. The summed E-state index contributed by atoms with van der Waals surface area (Å²) in [5.41, 5.74) is 4.83. The molecule has 0 spiro atoms. The number of H-pyrrole nitrogens is 2. The highest BCUT2D eigenvalue weighted by Gasteiger charge is 2.22. The van der Waals surface area contributed by atoms with Crippen LogP contribution in [0.2, 0.25) is 0 Å².